The van der Waals surface area contributed by atoms with Gasteiger partial charge in [-0.05, 0) is 25.7 Å². The summed E-state index contributed by atoms with van der Waals surface area (Å²) in [6, 6.07) is 0. The molecule has 0 radical (unpaired) electrons. The minimum Gasteiger partial charge on any atom is -0.0845 e. The van der Waals surface area contributed by atoms with Crippen LogP contribution in [0.15, 0.2) is 60.8 Å². The molecule has 0 aromatic carbocycles. The monoisotopic (exact) mass is 298 g/mol. The molecule has 0 aromatic rings. The van der Waals surface area contributed by atoms with Gasteiger partial charge in [-0.2, -0.15) is 0 Å². The molecule has 0 atom stereocenters. The van der Waals surface area contributed by atoms with E-state index in [1.807, 2.05) is 0 Å². The van der Waals surface area contributed by atoms with Crippen molar-refractivity contribution in [3.63, 3.8) is 0 Å². The second-order valence-electron chi connectivity index (χ2n) is 6.12. The van der Waals surface area contributed by atoms with Crippen molar-refractivity contribution in [2.45, 2.75) is 77.0 Å². The Hall–Kier alpha value is -1.30. The Morgan fingerprint density at radius 1 is 0.273 bits per heavy atom. The lowest BCUT2D eigenvalue weighted by molar-refractivity contribution is 0.553. The van der Waals surface area contributed by atoms with Crippen LogP contribution in [0.2, 0.25) is 0 Å². The first kappa shape index (κ1) is 18.7. The Bertz CT molecular complexity index is 329. The lowest BCUT2D eigenvalue weighted by Crippen LogP contribution is -1.82. The molecule has 0 spiro atoms. The molecule has 1 rings (SSSR count). The highest BCUT2D eigenvalue weighted by atomic mass is 14.0. The molecule has 0 saturated heterocycles. The van der Waals surface area contributed by atoms with E-state index < -0.39 is 0 Å². The van der Waals surface area contributed by atoms with Crippen molar-refractivity contribution in [3.05, 3.63) is 60.8 Å². The van der Waals surface area contributed by atoms with Crippen LogP contribution >= 0.6 is 0 Å². The van der Waals surface area contributed by atoms with E-state index in [0.29, 0.717) is 0 Å². The summed E-state index contributed by atoms with van der Waals surface area (Å²) in [5, 5.41) is 0. The molecule has 0 heteroatoms. The van der Waals surface area contributed by atoms with E-state index in [9.17, 15) is 0 Å². The summed E-state index contributed by atoms with van der Waals surface area (Å²) in [6.07, 6.45) is 38.0. The summed E-state index contributed by atoms with van der Waals surface area (Å²) >= 11 is 0. The summed E-state index contributed by atoms with van der Waals surface area (Å²) in [7, 11) is 0. The first-order chi connectivity index (χ1) is 11.0. The summed E-state index contributed by atoms with van der Waals surface area (Å²) in [4.78, 5) is 0. The van der Waals surface area contributed by atoms with Crippen LogP contribution in [0.1, 0.15) is 77.0 Å². The topological polar surface area (TPSA) is 0 Å². The molecule has 1 aliphatic rings. The fourth-order valence-electron chi connectivity index (χ4n) is 2.67. The van der Waals surface area contributed by atoms with Crippen molar-refractivity contribution in [3.8, 4) is 0 Å². The van der Waals surface area contributed by atoms with Gasteiger partial charge < -0.3 is 0 Å². The van der Waals surface area contributed by atoms with Crippen molar-refractivity contribution < 1.29 is 0 Å². The maximum Gasteiger partial charge on any atom is -0.0348 e. The third kappa shape index (κ3) is 13.7. The molecule has 0 unspecified atom stereocenters. The van der Waals surface area contributed by atoms with Gasteiger partial charge in [0.1, 0.15) is 0 Å². The summed E-state index contributed by atoms with van der Waals surface area (Å²) in [6.45, 7) is 0. The van der Waals surface area contributed by atoms with Crippen LogP contribution in [0.4, 0.5) is 0 Å². The Balaban J connectivity index is 2.28. The molecular weight excluding hydrogens is 264 g/mol. The molecule has 0 nitrogen and oxygen atoms in total. The van der Waals surface area contributed by atoms with E-state index in [0.717, 1.165) is 0 Å². The first-order valence-electron chi connectivity index (χ1n) is 9.32. The molecule has 0 saturated carbocycles. The van der Waals surface area contributed by atoms with Gasteiger partial charge in [0, 0.05) is 0 Å². The van der Waals surface area contributed by atoms with Crippen molar-refractivity contribution in [1.29, 1.82) is 0 Å². The molecule has 0 heterocycles. The Morgan fingerprint density at radius 2 is 0.545 bits per heavy atom. The second-order valence-corrected chi connectivity index (χ2v) is 6.12. The van der Waals surface area contributed by atoms with E-state index in [4.69, 9.17) is 0 Å². The summed E-state index contributed by atoms with van der Waals surface area (Å²) in [5.41, 5.74) is 0. The quantitative estimate of drug-likeness (QED) is 0.435. The molecule has 0 amide bonds. The minimum atomic E-state index is 1.22. The van der Waals surface area contributed by atoms with Gasteiger partial charge in [-0.3, -0.25) is 0 Å². The van der Waals surface area contributed by atoms with E-state index in [1.165, 1.54) is 77.0 Å². The Morgan fingerprint density at radius 3 is 0.909 bits per heavy atom. The molecular formula is C22H34. The highest BCUT2D eigenvalue weighted by molar-refractivity contribution is 5.17. The highest BCUT2D eigenvalue weighted by Crippen LogP contribution is 2.12. The number of rotatable bonds is 0. The van der Waals surface area contributed by atoms with Gasteiger partial charge in [-0.25, -0.2) is 0 Å². The normalized spacial score (nSPS) is 26.2. The largest absolute Gasteiger partial charge is 0.0845 e. The molecule has 0 bridgehead atoms. The van der Waals surface area contributed by atoms with Gasteiger partial charge in [0.25, 0.3) is 0 Å². The second kappa shape index (κ2) is 16.1. The van der Waals surface area contributed by atoms with Crippen LogP contribution in [-0.4, -0.2) is 0 Å². The molecule has 0 aliphatic heterocycles. The number of hydrogen-bond acceptors (Lipinski definition) is 0. The van der Waals surface area contributed by atoms with Crippen LogP contribution in [-0.2, 0) is 0 Å². The van der Waals surface area contributed by atoms with Crippen LogP contribution in [0, 0.1) is 0 Å². The maximum atomic E-state index is 2.29. The number of allylic oxidation sites excluding steroid dienone is 10. The predicted octanol–water partition coefficient (Wildman–Crippen LogP) is 7.46. The van der Waals surface area contributed by atoms with Gasteiger partial charge >= 0.3 is 0 Å². The Kier molecular flexibility index (Phi) is 13.7. The smallest absolute Gasteiger partial charge is 0.0348 e. The van der Waals surface area contributed by atoms with Crippen LogP contribution < -0.4 is 0 Å². The van der Waals surface area contributed by atoms with Crippen LogP contribution in [0.3, 0.4) is 0 Å². The molecule has 22 heavy (non-hydrogen) atoms. The molecule has 0 fully saturated rings. The fourth-order valence-corrected chi connectivity index (χ4v) is 2.67. The van der Waals surface area contributed by atoms with Gasteiger partial charge in [0.15, 0.2) is 0 Å². The molecule has 1 aliphatic carbocycles. The third-order valence-corrected chi connectivity index (χ3v) is 4.04. The zero-order valence-corrected chi connectivity index (χ0v) is 14.3. The van der Waals surface area contributed by atoms with Gasteiger partial charge in [-0.15, -0.1) is 0 Å². The van der Waals surface area contributed by atoms with E-state index in [1.54, 1.807) is 0 Å². The average molecular weight is 299 g/mol. The van der Waals surface area contributed by atoms with Crippen molar-refractivity contribution in [2.24, 2.45) is 0 Å². The first-order valence-corrected chi connectivity index (χ1v) is 9.32. The van der Waals surface area contributed by atoms with Crippen LogP contribution in [0.5, 0.6) is 0 Å². The fraction of sp³-hybridized carbons (Fsp3) is 0.545. The van der Waals surface area contributed by atoms with E-state index >= 15 is 0 Å². The zero-order valence-electron chi connectivity index (χ0n) is 14.3. The van der Waals surface area contributed by atoms with Crippen molar-refractivity contribution >= 4 is 0 Å². The molecule has 0 aromatic heterocycles. The standard InChI is InChI=1S/C22H34/c1-2-4-6-8-10-12-14-16-18-20-22-21-19-17-15-13-11-9-7-5-3-1/h1-10H,11-22H2/b2-1+,5-3-,6-4+,9-7?,10-8+. The molecule has 122 valence electrons. The zero-order chi connectivity index (χ0) is 15.6. The maximum absolute atomic E-state index is 2.29. The van der Waals surface area contributed by atoms with Gasteiger partial charge in [0.05, 0.1) is 0 Å². The van der Waals surface area contributed by atoms with E-state index in [-0.39, 0.29) is 0 Å². The summed E-state index contributed by atoms with van der Waals surface area (Å²) < 4.78 is 0. The lowest BCUT2D eigenvalue weighted by atomic mass is 10.0. The van der Waals surface area contributed by atoms with Crippen LogP contribution in [0.25, 0.3) is 0 Å². The van der Waals surface area contributed by atoms with E-state index in [2.05, 4.69) is 60.8 Å². The minimum absolute atomic E-state index is 1.22. The SMILES string of the molecule is C1=CCCCCCCCCCCCC/C=C/C=C/C=C/C=C\1. The highest BCUT2D eigenvalue weighted by Gasteiger charge is 1.92. The third-order valence-electron chi connectivity index (χ3n) is 4.04. The number of hydrogen-bond donors (Lipinski definition) is 0. The average Bonchev–Trinajstić information content (AvgIpc) is 2.53. The van der Waals surface area contributed by atoms with Gasteiger partial charge in [0.2, 0.25) is 0 Å². The predicted molar refractivity (Wildman–Crippen MR) is 101 cm³/mol. The Labute approximate surface area is 138 Å². The van der Waals surface area contributed by atoms with Crippen molar-refractivity contribution in [1.82, 2.24) is 0 Å². The van der Waals surface area contributed by atoms with Gasteiger partial charge in [-0.1, -0.05) is 112 Å². The lowest BCUT2D eigenvalue weighted by Gasteiger charge is -2.01. The summed E-state index contributed by atoms with van der Waals surface area (Å²) in [5.74, 6) is 0. The van der Waals surface area contributed by atoms with Crippen molar-refractivity contribution in [2.75, 3.05) is 0 Å². The molecule has 0 N–H and O–H groups in total.